The molecule has 1 aromatic heterocycles. The van der Waals surface area contributed by atoms with E-state index in [9.17, 15) is 9.59 Å². The van der Waals surface area contributed by atoms with Gasteiger partial charge in [0.25, 0.3) is 0 Å². The average Bonchev–Trinajstić information content (AvgIpc) is 3.03. The van der Waals surface area contributed by atoms with Gasteiger partial charge in [0.1, 0.15) is 5.82 Å². The lowest BCUT2D eigenvalue weighted by Crippen LogP contribution is -2.30. The summed E-state index contributed by atoms with van der Waals surface area (Å²) in [5.41, 5.74) is 1.89. The number of carbonyl (C=O) groups is 2. The molecule has 0 unspecified atom stereocenters. The van der Waals surface area contributed by atoms with Crippen LogP contribution in [0.15, 0.2) is 48.7 Å². The predicted octanol–water partition coefficient (Wildman–Crippen LogP) is 2.96. The van der Waals surface area contributed by atoms with E-state index in [-0.39, 0.29) is 17.9 Å². The van der Waals surface area contributed by atoms with Crippen molar-refractivity contribution in [1.29, 1.82) is 0 Å². The second kappa shape index (κ2) is 7.98. The number of carbonyl (C=O) groups excluding carboxylic acids is 2. The number of aromatic nitrogens is 1. The number of pyridine rings is 1. The van der Waals surface area contributed by atoms with Crippen molar-refractivity contribution < 1.29 is 9.59 Å². The Morgan fingerprint density at radius 2 is 2.08 bits per heavy atom. The van der Waals surface area contributed by atoms with Gasteiger partial charge in [-0.2, -0.15) is 0 Å². The molecule has 3 rings (SSSR count). The zero-order valence-corrected chi connectivity index (χ0v) is 14.4. The molecule has 1 aliphatic heterocycles. The highest BCUT2D eigenvalue weighted by atomic mass is 35.5. The van der Waals surface area contributed by atoms with E-state index in [4.69, 9.17) is 11.6 Å². The minimum absolute atomic E-state index is 0.0672. The lowest BCUT2D eigenvalue weighted by molar-refractivity contribution is -0.117. The molecule has 1 saturated heterocycles. The van der Waals surface area contributed by atoms with E-state index < -0.39 is 0 Å². The summed E-state index contributed by atoms with van der Waals surface area (Å²) in [6, 6.07) is 13.1. The van der Waals surface area contributed by atoms with Gasteiger partial charge in [0, 0.05) is 49.3 Å². The molecule has 1 aromatic carbocycles. The van der Waals surface area contributed by atoms with Crippen molar-refractivity contribution in [2.75, 3.05) is 29.2 Å². The van der Waals surface area contributed by atoms with E-state index in [1.165, 1.54) is 0 Å². The van der Waals surface area contributed by atoms with Gasteiger partial charge < -0.3 is 10.2 Å². The quantitative estimate of drug-likeness (QED) is 0.807. The summed E-state index contributed by atoms with van der Waals surface area (Å²) in [4.78, 5) is 30.0. The van der Waals surface area contributed by atoms with Gasteiger partial charge >= 0.3 is 6.03 Å². The number of alkyl halides is 1. The number of halogens is 1. The molecule has 0 spiro atoms. The Morgan fingerprint density at radius 1 is 1.28 bits per heavy atom. The predicted molar refractivity (Wildman–Crippen MR) is 98.1 cm³/mol. The molecular formula is C18H19ClN4O2. The smallest absolute Gasteiger partial charge is 0.320 e. The summed E-state index contributed by atoms with van der Waals surface area (Å²) in [6.45, 7) is 0.987. The molecule has 25 heavy (non-hydrogen) atoms. The third kappa shape index (κ3) is 4.28. The summed E-state index contributed by atoms with van der Waals surface area (Å²) in [6.07, 6.45) is 2.06. The molecule has 1 atom stereocenters. The molecule has 2 N–H and O–H groups in total. The summed E-state index contributed by atoms with van der Waals surface area (Å²) in [7, 11) is 0. The van der Waals surface area contributed by atoms with Gasteiger partial charge in [0.15, 0.2) is 0 Å². The highest BCUT2D eigenvalue weighted by Gasteiger charge is 2.31. The highest BCUT2D eigenvalue weighted by Crippen LogP contribution is 2.32. The van der Waals surface area contributed by atoms with Crippen LogP contribution in [0.5, 0.6) is 0 Å². The highest BCUT2D eigenvalue weighted by molar-refractivity contribution is 6.18. The monoisotopic (exact) mass is 358 g/mol. The summed E-state index contributed by atoms with van der Waals surface area (Å²) in [5, 5.41) is 5.25. The third-order valence-electron chi connectivity index (χ3n) is 4.07. The standard InChI is InChI=1S/C18H19ClN4O2/c19-7-9-21-18(25)22-16-11-15(6-8-20-16)23-12-14(10-17(23)24)13-4-2-1-3-5-13/h1-6,8,11,14H,7,9-10,12H2,(H2,20,21,22,25)/t14-/m1/s1. The first-order chi connectivity index (χ1) is 12.2. The third-order valence-corrected chi connectivity index (χ3v) is 4.26. The number of hydrogen-bond donors (Lipinski definition) is 2. The number of rotatable bonds is 5. The van der Waals surface area contributed by atoms with E-state index in [1.54, 1.807) is 23.2 Å². The van der Waals surface area contributed by atoms with Crippen molar-refractivity contribution in [2.24, 2.45) is 0 Å². The van der Waals surface area contributed by atoms with Crippen LogP contribution in [0.2, 0.25) is 0 Å². The second-order valence-corrected chi connectivity index (χ2v) is 6.16. The van der Waals surface area contributed by atoms with E-state index >= 15 is 0 Å². The molecule has 6 nitrogen and oxygen atoms in total. The molecule has 0 saturated carbocycles. The van der Waals surface area contributed by atoms with Crippen LogP contribution < -0.4 is 15.5 Å². The Balaban J connectivity index is 1.70. The molecule has 2 aromatic rings. The molecule has 0 bridgehead atoms. The SMILES string of the molecule is O=C(NCCCl)Nc1cc(N2C[C@H](c3ccccc3)CC2=O)ccn1. The summed E-state index contributed by atoms with van der Waals surface area (Å²) >= 11 is 5.54. The Hall–Kier alpha value is -2.60. The Kier molecular flexibility index (Phi) is 5.50. The maximum absolute atomic E-state index is 12.4. The number of amides is 3. The first-order valence-electron chi connectivity index (χ1n) is 8.09. The fraction of sp³-hybridized carbons (Fsp3) is 0.278. The molecule has 1 aliphatic rings. The second-order valence-electron chi connectivity index (χ2n) is 5.79. The van der Waals surface area contributed by atoms with Gasteiger partial charge in [0.2, 0.25) is 5.91 Å². The van der Waals surface area contributed by atoms with Crippen LogP contribution in [0.25, 0.3) is 0 Å². The van der Waals surface area contributed by atoms with Crippen molar-refractivity contribution in [2.45, 2.75) is 12.3 Å². The number of nitrogens with zero attached hydrogens (tertiary/aromatic N) is 2. The van der Waals surface area contributed by atoms with Gasteiger partial charge in [0.05, 0.1) is 0 Å². The molecule has 3 amide bonds. The molecule has 7 heteroatoms. The van der Waals surface area contributed by atoms with E-state index in [1.807, 2.05) is 30.3 Å². The van der Waals surface area contributed by atoms with E-state index in [0.29, 0.717) is 31.2 Å². The van der Waals surface area contributed by atoms with Crippen molar-refractivity contribution in [3.63, 3.8) is 0 Å². The van der Waals surface area contributed by atoms with Crippen LogP contribution >= 0.6 is 11.6 Å². The largest absolute Gasteiger partial charge is 0.337 e. The van der Waals surface area contributed by atoms with Crippen molar-refractivity contribution >= 4 is 35.0 Å². The molecule has 0 radical (unpaired) electrons. The first-order valence-corrected chi connectivity index (χ1v) is 8.63. The normalized spacial score (nSPS) is 16.8. The van der Waals surface area contributed by atoms with Gasteiger partial charge in [-0.15, -0.1) is 11.6 Å². The van der Waals surface area contributed by atoms with Gasteiger partial charge in [-0.05, 0) is 11.6 Å². The fourth-order valence-corrected chi connectivity index (χ4v) is 2.98. The minimum Gasteiger partial charge on any atom is -0.337 e. The van der Waals surface area contributed by atoms with Crippen LogP contribution in [0.3, 0.4) is 0 Å². The zero-order valence-electron chi connectivity index (χ0n) is 13.6. The lowest BCUT2D eigenvalue weighted by Gasteiger charge is -2.17. The average molecular weight is 359 g/mol. The van der Waals surface area contributed by atoms with Crippen LogP contribution in [-0.4, -0.2) is 35.9 Å². The number of hydrogen-bond acceptors (Lipinski definition) is 3. The first kappa shape index (κ1) is 17.2. The van der Waals surface area contributed by atoms with Crippen molar-refractivity contribution in [3.05, 3.63) is 54.2 Å². The van der Waals surface area contributed by atoms with Gasteiger partial charge in [-0.25, -0.2) is 9.78 Å². The Labute approximate surface area is 151 Å². The molecular weight excluding hydrogens is 340 g/mol. The summed E-state index contributed by atoms with van der Waals surface area (Å²) in [5.74, 6) is 0.966. The van der Waals surface area contributed by atoms with Crippen LogP contribution in [0.4, 0.5) is 16.3 Å². The lowest BCUT2D eigenvalue weighted by atomic mass is 9.99. The molecule has 130 valence electrons. The number of nitrogens with one attached hydrogen (secondary N) is 2. The van der Waals surface area contributed by atoms with E-state index in [2.05, 4.69) is 15.6 Å². The minimum atomic E-state index is -0.375. The Morgan fingerprint density at radius 3 is 2.84 bits per heavy atom. The number of urea groups is 1. The van der Waals surface area contributed by atoms with Gasteiger partial charge in [-0.1, -0.05) is 30.3 Å². The molecule has 2 heterocycles. The van der Waals surface area contributed by atoms with Crippen molar-refractivity contribution in [3.8, 4) is 0 Å². The maximum atomic E-state index is 12.4. The zero-order chi connectivity index (χ0) is 17.6. The molecule has 1 fully saturated rings. The maximum Gasteiger partial charge on any atom is 0.320 e. The van der Waals surface area contributed by atoms with E-state index in [0.717, 1.165) is 11.3 Å². The number of benzene rings is 1. The molecule has 0 aliphatic carbocycles. The number of anilines is 2. The summed E-state index contributed by atoms with van der Waals surface area (Å²) < 4.78 is 0. The van der Waals surface area contributed by atoms with Crippen LogP contribution in [0, 0.1) is 0 Å². The van der Waals surface area contributed by atoms with Gasteiger partial charge in [-0.3, -0.25) is 10.1 Å². The Bertz CT molecular complexity index is 754. The van der Waals surface area contributed by atoms with Crippen molar-refractivity contribution in [1.82, 2.24) is 10.3 Å². The van der Waals surface area contributed by atoms with Crippen LogP contribution in [-0.2, 0) is 4.79 Å². The fourth-order valence-electron chi connectivity index (χ4n) is 2.88. The topological polar surface area (TPSA) is 74.3 Å². The van der Waals surface area contributed by atoms with Crippen LogP contribution in [0.1, 0.15) is 17.9 Å².